The molecular weight excluding hydrogens is 192 g/mol. The fraction of sp³-hybridized carbons (Fsp3) is 0.333. The highest BCUT2D eigenvalue weighted by Crippen LogP contribution is 2.17. The van der Waals surface area contributed by atoms with Crippen molar-refractivity contribution in [1.82, 2.24) is 0 Å². The van der Waals surface area contributed by atoms with Crippen LogP contribution in [0, 0.1) is 11.8 Å². The molecule has 0 aliphatic rings. The third-order valence-electron chi connectivity index (χ3n) is 1.72. The standard InChI is InChI=1S/C12H14OS/c1-2-3-4-9-14-12-7-5-11(10-13)6-8-12/h5-8,13H,2,9-10H2,1H3. The number of hydrogen-bond donors (Lipinski definition) is 1. The molecule has 0 saturated carbocycles. The van der Waals surface area contributed by atoms with Gasteiger partial charge in [-0.05, 0) is 17.7 Å². The molecule has 1 N–H and O–H groups in total. The molecule has 0 radical (unpaired) electrons. The van der Waals surface area contributed by atoms with Gasteiger partial charge in [-0.1, -0.05) is 25.0 Å². The van der Waals surface area contributed by atoms with E-state index in [1.54, 1.807) is 11.8 Å². The molecule has 0 saturated heterocycles. The second-order valence-corrected chi connectivity index (χ2v) is 3.85. The van der Waals surface area contributed by atoms with Gasteiger partial charge in [0.2, 0.25) is 0 Å². The van der Waals surface area contributed by atoms with Gasteiger partial charge >= 0.3 is 0 Å². The minimum Gasteiger partial charge on any atom is -0.392 e. The fourth-order valence-corrected chi connectivity index (χ4v) is 1.66. The molecule has 0 atom stereocenters. The van der Waals surface area contributed by atoms with Crippen LogP contribution in [0.3, 0.4) is 0 Å². The summed E-state index contributed by atoms with van der Waals surface area (Å²) >= 11 is 1.72. The molecule has 0 spiro atoms. The van der Waals surface area contributed by atoms with Gasteiger partial charge in [0.1, 0.15) is 0 Å². The Morgan fingerprint density at radius 1 is 1.21 bits per heavy atom. The van der Waals surface area contributed by atoms with Gasteiger partial charge in [-0.25, -0.2) is 0 Å². The van der Waals surface area contributed by atoms with Crippen LogP contribution in [0.4, 0.5) is 0 Å². The average Bonchev–Trinajstić information content (AvgIpc) is 2.25. The van der Waals surface area contributed by atoms with Gasteiger partial charge < -0.3 is 5.11 Å². The molecule has 2 heteroatoms. The highest BCUT2D eigenvalue weighted by molar-refractivity contribution is 7.99. The molecule has 0 fully saturated rings. The summed E-state index contributed by atoms with van der Waals surface area (Å²) in [6.07, 6.45) is 0.921. The molecule has 1 aromatic rings. The summed E-state index contributed by atoms with van der Waals surface area (Å²) in [7, 11) is 0. The summed E-state index contributed by atoms with van der Waals surface area (Å²) in [6.45, 7) is 2.16. The first-order valence-corrected chi connectivity index (χ1v) is 5.63. The van der Waals surface area contributed by atoms with Gasteiger partial charge in [0.15, 0.2) is 0 Å². The topological polar surface area (TPSA) is 20.2 Å². The van der Waals surface area contributed by atoms with Crippen LogP contribution >= 0.6 is 11.8 Å². The molecule has 14 heavy (non-hydrogen) atoms. The van der Waals surface area contributed by atoms with Gasteiger partial charge in [0.25, 0.3) is 0 Å². The van der Waals surface area contributed by atoms with Crippen LogP contribution in [0.25, 0.3) is 0 Å². The minimum absolute atomic E-state index is 0.112. The molecule has 1 rings (SSSR count). The van der Waals surface area contributed by atoms with Crippen LogP contribution in [0.2, 0.25) is 0 Å². The minimum atomic E-state index is 0.112. The molecule has 0 heterocycles. The number of aliphatic hydroxyl groups excluding tert-OH is 1. The molecule has 1 nitrogen and oxygen atoms in total. The Morgan fingerprint density at radius 2 is 1.93 bits per heavy atom. The van der Waals surface area contributed by atoms with Crippen LogP contribution < -0.4 is 0 Å². The highest BCUT2D eigenvalue weighted by Gasteiger charge is 1.92. The quantitative estimate of drug-likeness (QED) is 0.606. The maximum absolute atomic E-state index is 8.85. The Labute approximate surface area is 89.5 Å². The predicted octanol–water partition coefficient (Wildman–Crippen LogP) is 2.68. The first kappa shape index (κ1) is 11.2. The van der Waals surface area contributed by atoms with Crippen molar-refractivity contribution in [2.45, 2.75) is 24.8 Å². The third-order valence-corrected chi connectivity index (χ3v) is 2.61. The van der Waals surface area contributed by atoms with E-state index in [-0.39, 0.29) is 6.61 Å². The zero-order chi connectivity index (χ0) is 10.2. The second-order valence-electron chi connectivity index (χ2n) is 2.80. The number of thioether (sulfide) groups is 1. The van der Waals surface area contributed by atoms with Gasteiger partial charge in [0.05, 0.1) is 12.4 Å². The lowest BCUT2D eigenvalue weighted by Crippen LogP contribution is -1.81. The Morgan fingerprint density at radius 3 is 2.50 bits per heavy atom. The van der Waals surface area contributed by atoms with Gasteiger partial charge in [-0.3, -0.25) is 0 Å². The number of benzene rings is 1. The zero-order valence-corrected chi connectivity index (χ0v) is 9.10. The normalized spacial score (nSPS) is 9.29. The van der Waals surface area contributed by atoms with Crippen molar-refractivity contribution in [3.05, 3.63) is 29.8 Å². The van der Waals surface area contributed by atoms with E-state index in [1.807, 2.05) is 31.2 Å². The Bertz CT molecular complexity index is 318. The smallest absolute Gasteiger partial charge is 0.0681 e. The van der Waals surface area contributed by atoms with Crippen molar-refractivity contribution in [2.24, 2.45) is 0 Å². The maximum atomic E-state index is 8.85. The molecule has 1 aromatic carbocycles. The lowest BCUT2D eigenvalue weighted by atomic mass is 10.2. The average molecular weight is 206 g/mol. The fourth-order valence-electron chi connectivity index (χ4n) is 0.987. The summed E-state index contributed by atoms with van der Waals surface area (Å²) in [4.78, 5) is 1.20. The van der Waals surface area contributed by atoms with Crippen molar-refractivity contribution in [3.63, 3.8) is 0 Å². The van der Waals surface area contributed by atoms with E-state index < -0.39 is 0 Å². The molecular formula is C12H14OS. The summed E-state index contributed by atoms with van der Waals surface area (Å²) in [5, 5.41) is 8.85. The van der Waals surface area contributed by atoms with Crippen LogP contribution in [-0.4, -0.2) is 10.9 Å². The molecule has 0 aliphatic heterocycles. The van der Waals surface area contributed by atoms with Crippen molar-refractivity contribution in [3.8, 4) is 11.8 Å². The van der Waals surface area contributed by atoms with E-state index in [9.17, 15) is 0 Å². The largest absolute Gasteiger partial charge is 0.392 e. The van der Waals surface area contributed by atoms with E-state index in [2.05, 4.69) is 11.8 Å². The van der Waals surface area contributed by atoms with Gasteiger partial charge in [0, 0.05) is 11.3 Å². The first-order chi connectivity index (χ1) is 6.86. The Hall–Kier alpha value is -0.910. The molecule has 0 bridgehead atoms. The summed E-state index contributed by atoms with van der Waals surface area (Å²) in [5.74, 6) is 6.95. The second kappa shape index (κ2) is 6.53. The van der Waals surface area contributed by atoms with Crippen LogP contribution in [0.5, 0.6) is 0 Å². The summed E-state index contributed by atoms with van der Waals surface area (Å²) in [6, 6.07) is 7.92. The molecule has 0 amide bonds. The van der Waals surface area contributed by atoms with Crippen molar-refractivity contribution in [2.75, 3.05) is 5.75 Å². The van der Waals surface area contributed by atoms with E-state index in [1.165, 1.54) is 4.90 Å². The van der Waals surface area contributed by atoms with Crippen molar-refractivity contribution < 1.29 is 5.11 Å². The highest BCUT2D eigenvalue weighted by atomic mass is 32.2. The lowest BCUT2D eigenvalue weighted by Gasteiger charge is -1.98. The van der Waals surface area contributed by atoms with E-state index >= 15 is 0 Å². The first-order valence-electron chi connectivity index (χ1n) is 4.65. The van der Waals surface area contributed by atoms with E-state index in [0.29, 0.717) is 0 Å². The molecule has 74 valence electrons. The number of aliphatic hydroxyl groups is 1. The van der Waals surface area contributed by atoms with Gasteiger partial charge in [-0.15, -0.1) is 17.7 Å². The molecule has 0 aliphatic carbocycles. The monoisotopic (exact) mass is 206 g/mol. The van der Waals surface area contributed by atoms with Crippen LogP contribution in [0.1, 0.15) is 18.9 Å². The third kappa shape index (κ3) is 3.87. The predicted molar refractivity (Wildman–Crippen MR) is 61.2 cm³/mol. The Kier molecular flexibility index (Phi) is 5.21. The molecule has 0 aromatic heterocycles. The van der Waals surface area contributed by atoms with E-state index in [0.717, 1.165) is 17.7 Å². The maximum Gasteiger partial charge on any atom is 0.0681 e. The lowest BCUT2D eigenvalue weighted by molar-refractivity contribution is 0.282. The Balaban J connectivity index is 2.43. The number of hydrogen-bond acceptors (Lipinski definition) is 2. The molecule has 0 unspecified atom stereocenters. The van der Waals surface area contributed by atoms with Crippen LogP contribution in [0.15, 0.2) is 29.2 Å². The van der Waals surface area contributed by atoms with Crippen molar-refractivity contribution in [1.29, 1.82) is 0 Å². The summed E-state index contributed by atoms with van der Waals surface area (Å²) < 4.78 is 0. The summed E-state index contributed by atoms with van der Waals surface area (Å²) in [5.41, 5.74) is 0.953. The number of rotatable bonds is 3. The zero-order valence-electron chi connectivity index (χ0n) is 8.29. The van der Waals surface area contributed by atoms with Crippen LogP contribution in [-0.2, 0) is 6.61 Å². The van der Waals surface area contributed by atoms with Gasteiger partial charge in [-0.2, -0.15) is 0 Å². The van der Waals surface area contributed by atoms with Crippen molar-refractivity contribution >= 4 is 11.8 Å². The van der Waals surface area contributed by atoms with E-state index in [4.69, 9.17) is 5.11 Å². The SMILES string of the molecule is CCC#CCSc1ccc(CO)cc1.